The molecular formula is C31H30ClN9O. The third kappa shape index (κ3) is 4.97. The van der Waals surface area contributed by atoms with E-state index in [1.807, 2.05) is 42.6 Å². The van der Waals surface area contributed by atoms with Gasteiger partial charge in [-0.3, -0.25) is 14.8 Å². The largest absolute Gasteiger partial charge is 0.383 e. The van der Waals surface area contributed by atoms with Gasteiger partial charge in [-0.25, -0.2) is 4.68 Å². The van der Waals surface area contributed by atoms with Crippen molar-refractivity contribution in [1.82, 2.24) is 25.0 Å². The van der Waals surface area contributed by atoms with Crippen LogP contribution in [0.4, 0.5) is 11.4 Å². The van der Waals surface area contributed by atoms with Crippen molar-refractivity contribution in [3.05, 3.63) is 83.0 Å². The molecule has 5 aromatic rings. The van der Waals surface area contributed by atoms with E-state index in [9.17, 15) is 10.1 Å². The first-order valence-corrected chi connectivity index (χ1v) is 14.1. The van der Waals surface area contributed by atoms with E-state index in [1.54, 1.807) is 23.3 Å². The van der Waals surface area contributed by atoms with E-state index in [-0.39, 0.29) is 5.41 Å². The molecular weight excluding hydrogens is 550 g/mol. The lowest BCUT2D eigenvalue weighted by molar-refractivity contribution is -0.122. The van der Waals surface area contributed by atoms with Crippen molar-refractivity contribution in [3.63, 3.8) is 0 Å². The van der Waals surface area contributed by atoms with Gasteiger partial charge in [0.1, 0.15) is 17.3 Å². The summed E-state index contributed by atoms with van der Waals surface area (Å²) in [6.07, 6.45) is 8.15. The van der Waals surface area contributed by atoms with Gasteiger partial charge < -0.3 is 16.4 Å². The van der Waals surface area contributed by atoms with Gasteiger partial charge in [-0.2, -0.15) is 5.26 Å². The summed E-state index contributed by atoms with van der Waals surface area (Å²) in [4.78, 5) is 21.0. The number of benzene rings is 2. The van der Waals surface area contributed by atoms with Crippen molar-refractivity contribution in [2.75, 3.05) is 17.2 Å². The molecule has 1 aliphatic carbocycles. The van der Waals surface area contributed by atoms with Crippen LogP contribution >= 0.6 is 11.6 Å². The van der Waals surface area contributed by atoms with Crippen molar-refractivity contribution in [3.8, 4) is 6.07 Å². The highest BCUT2D eigenvalue weighted by molar-refractivity contribution is 6.35. The minimum absolute atomic E-state index is 0.0219. The first-order chi connectivity index (χ1) is 20.1. The van der Waals surface area contributed by atoms with Crippen molar-refractivity contribution >= 4 is 50.6 Å². The first kappa shape index (κ1) is 27.4. The van der Waals surface area contributed by atoms with Crippen LogP contribution in [-0.4, -0.2) is 37.4 Å². The second-order valence-corrected chi connectivity index (χ2v) is 12.3. The number of pyridine rings is 2. The average Bonchev–Trinajstić information content (AvgIpc) is 3.64. The molecule has 3 heterocycles. The Balaban J connectivity index is 1.49. The number of nitrogens with zero attached hydrogens (tertiary/aromatic N) is 6. The normalized spacial score (nSPS) is 14.8. The van der Waals surface area contributed by atoms with Gasteiger partial charge in [-0.15, -0.1) is 5.10 Å². The minimum atomic E-state index is -0.836. The molecule has 1 aliphatic rings. The maximum absolute atomic E-state index is 12.2. The van der Waals surface area contributed by atoms with E-state index in [4.69, 9.17) is 17.3 Å². The Kier molecular flexibility index (Phi) is 6.70. The fourth-order valence-electron chi connectivity index (χ4n) is 5.17. The van der Waals surface area contributed by atoms with Crippen molar-refractivity contribution in [1.29, 1.82) is 5.26 Å². The molecule has 212 valence electrons. The number of fused-ring (bicyclic) bond motifs is 2. The van der Waals surface area contributed by atoms with Gasteiger partial charge in [0, 0.05) is 41.6 Å². The van der Waals surface area contributed by atoms with Crippen molar-refractivity contribution in [2.45, 2.75) is 45.2 Å². The Morgan fingerprint density at radius 3 is 2.74 bits per heavy atom. The maximum Gasteiger partial charge on any atom is 0.245 e. The van der Waals surface area contributed by atoms with Crippen LogP contribution in [-0.2, 0) is 10.3 Å². The summed E-state index contributed by atoms with van der Waals surface area (Å²) in [5.74, 6) is -0.419. The Bertz CT molecular complexity index is 1880. The highest BCUT2D eigenvalue weighted by Gasteiger charge is 2.52. The van der Waals surface area contributed by atoms with Gasteiger partial charge in [0.05, 0.1) is 34.0 Å². The number of anilines is 2. The van der Waals surface area contributed by atoms with Gasteiger partial charge in [-0.1, -0.05) is 55.8 Å². The zero-order valence-corrected chi connectivity index (χ0v) is 24.3. The number of halogens is 1. The summed E-state index contributed by atoms with van der Waals surface area (Å²) in [7, 11) is 0. The van der Waals surface area contributed by atoms with Crippen molar-refractivity contribution < 1.29 is 4.79 Å². The molecule has 1 saturated carbocycles. The van der Waals surface area contributed by atoms with Crippen LogP contribution in [0.3, 0.4) is 0 Å². The van der Waals surface area contributed by atoms with Gasteiger partial charge in [-0.05, 0) is 47.4 Å². The molecule has 11 heteroatoms. The Labute approximate surface area is 247 Å². The first-order valence-electron chi connectivity index (χ1n) is 13.7. The molecule has 10 nitrogen and oxygen atoms in total. The number of carbonyl (C=O) groups excluding carboxylic acids is 1. The second kappa shape index (κ2) is 10.3. The summed E-state index contributed by atoms with van der Waals surface area (Å²) in [5.41, 5.74) is 8.81. The molecule has 0 radical (unpaired) electrons. The number of nitrogens with two attached hydrogens (primary N) is 1. The number of carbonyl (C=O) groups is 1. The lowest BCUT2D eigenvalue weighted by Gasteiger charge is -2.23. The standard InChI is InChI=1S/C31H30ClN9O/c1-30(2,3)17-37-26-19(13-33)15-36-27-23(26)11-20(12-24(27)32)38-28(22-6-4-5-18-14-35-10-7-21(18)22)25-16-41(40-39-25)31(8-9-31)29(34)42/h4-7,10-12,14-16,28,38H,8-9,17H2,1-3H3,(H2,34,42)(H,36,37)/t28-/m0/s1. The van der Waals surface area contributed by atoms with Gasteiger partial charge >= 0.3 is 0 Å². The minimum Gasteiger partial charge on any atom is -0.383 e. The number of aromatic nitrogens is 5. The van der Waals surface area contributed by atoms with Crippen LogP contribution in [0, 0.1) is 16.7 Å². The molecule has 6 rings (SSSR count). The summed E-state index contributed by atoms with van der Waals surface area (Å²) in [5, 5.41) is 28.9. The SMILES string of the molecule is CC(C)(C)CNc1c(C#N)cnc2c(Cl)cc(N[C@H](c3cn(C4(C(N)=O)CC4)nn3)c3cccc4cnccc34)cc12. The average molecular weight is 580 g/mol. The lowest BCUT2D eigenvalue weighted by atomic mass is 9.96. The molecule has 1 amide bonds. The van der Waals surface area contributed by atoms with E-state index in [0.717, 1.165) is 21.7 Å². The molecule has 0 spiro atoms. The van der Waals surface area contributed by atoms with E-state index in [2.05, 4.69) is 57.8 Å². The summed E-state index contributed by atoms with van der Waals surface area (Å²) in [6.45, 7) is 7.01. The fourth-order valence-corrected chi connectivity index (χ4v) is 5.44. The van der Waals surface area contributed by atoms with E-state index in [0.29, 0.717) is 52.6 Å². The summed E-state index contributed by atoms with van der Waals surface area (Å²) < 4.78 is 1.58. The predicted octanol–water partition coefficient (Wildman–Crippen LogP) is 5.53. The van der Waals surface area contributed by atoms with Gasteiger partial charge in [0.2, 0.25) is 5.91 Å². The van der Waals surface area contributed by atoms with E-state index < -0.39 is 17.5 Å². The highest BCUT2D eigenvalue weighted by atomic mass is 35.5. The number of hydrogen-bond donors (Lipinski definition) is 3. The van der Waals surface area contributed by atoms with E-state index in [1.165, 1.54) is 0 Å². The highest BCUT2D eigenvalue weighted by Crippen LogP contribution is 2.43. The number of primary amides is 1. The molecule has 0 unspecified atom stereocenters. The molecule has 2 aromatic carbocycles. The van der Waals surface area contributed by atoms with Gasteiger partial charge in [0.25, 0.3) is 0 Å². The van der Waals surface area contributed by atoms with Crippen LogP contribution in [0.15, 0.2) is 61.2 Å². The Morgan fingerprint density at radius 1 is 1.21 bits per heavy atom. The van der Waals surface area contributed by atoms with Crippen LogP contribution in [0.1, 0.15) is 56.5 Å². The molecule has 4 N–H and O–H groups in total. The fraction of sp³-hybridized carbons (Fsp3) is 0.290. The topological polar surface area (TPSA) is 147 Å². The van der Waals surface area contributed by atoms with Crippen LogP contribution in [0.5, 0.6) is 0 Å². The maximum atomic E-state index is 12.2. The second-order valence-electron chi connectivity index (χ2n) is 11.9. The Hall–Kier alpha value is -4.75. The van der Waals surface area contributed by atoms with Crippen LogP contribution in [0.25, 0.3) is 21.7 Å². The number of rotatable bonds is 8. The smallest absolute Gasteiger partial charge is 0.245 e. The molecule has 1 fully saturated rings. The zero-order chi connectivity index (χ0) is 29.6. The molecule has 0 saturated heterocycles. The Morgan fingerprint density at radius 2 is 2.02 bits per heavy atom. The van der Waals surface area contributed by atoms with E-state index >= 15 is 0 Å². The quantitative estimate of drug-likeness (QED) is 0.217. The molecule has 3 aromatic heterocycles. The van der Waals surface area contributed by atoms with Gasteiger partial charge in [0.15, 0.2) is 0 Å². The number of amides is 1. The number of nitrogens with one attached hydrogen (secondary N) is 2. The lowest BCUT2D eigenvalue weighted by Crippen LogP contribution is -2.34. The zero-order valence-electron chi connectivity index (χ0n) is 23.5. The third-order valence-corrected chi connectivity index (χ3v) is 7.89. The van der Waals surface area contributed by atoms with Crippen molar-refractivity contribution in [2.24, 2.45) is 11.1 Å². The summed E-state index contributed by atoms with van der Waals surface area (Å²) in [6, 6.07) is 13.5. The predicted molar refractivity (Wildman–Crippen MR) is 163 cm³/mol. The molecule has 42 heavy (non-hydrogen) atoms. The summed E-state index contributed by atoms with van der Waals surface area (Å²) >= 11 is 6.79. The molecule has 0 aliphatic heterocycles. The van der Waals surface area contributed by atoms with Crippen LogP contribution in [0.2, 0.25) is 5.02 Å². The molecule has 0 bridgehead atoms. The third-order valence-electron chi connectivity index (χ3n) is 7.60. The monoisotopic (exact) mass is 579 g/mol. The van der Waals surface area contributed by atoms with Crippen LogP contribution < -0.4 is 16.4 Å². The number of hydrogen-bond acceptors (Lipinski definition) is 8. The number of nitriles is 1. The molecule has 1 atom stereocenters.